The van der Waals surface area contributed by atoms with E-state index in [2.05, 4.69) is 16.0 Å². The predicted octanol–water partition coefficient (Wildman–Crippen LogP) is 5.64. The minimum atomic E-state index is -1.85. The van der Waals surface area contributed by atoms with E-state index in [4.69, 9.17) is 70.2 Å². The Morgan fingerprint density at radius 3 is 2.29 bits per heavy atom. The van der Waals surface area contributed by atoms with Crippen molar-refractivity contribution in [3.8, 4) is 0 Å². The van der Waals surface area contributed by atoms with E-state index in [1.54, 1.807) is 18.2 Å². The number of rotatable bonds is 5. The molecule has 0 aliphatic rings. The molecule has 2 aromatic rings. The number of benzene rings is 2. The van der Waals surface area contributed by atoms with E-state index in [1.807, 2.05) is 31.2 Å². The molecule has 0 saturated heterocycles. The molecule has 2 rings (SSSR count). The molecule has 1 amide bonds. The molecule has 0 fully saturated rings. The van der Waals surface area contributed by atoms with Crippen molar-refractivity contribution in [2.45, 2.75) is 23.3 Å². The summed E-state index contributed by atoms with van der Waals surface area (Å²) in [6.07, 6.45) is -0.941. The largest absolute Gasteiger partial charge is 0.339 e. The number of thiocarbonyl (C=S) groups is 1. The summed E-state index contributed by atoms with van der Waals surface area (Å²) in [6, 6.07) is 12.4. The third kappa shape index (κ3) is 7.47. The summed E-state index contributed by atoms with van der Waals surface area (Å²) in [5.41, 5.74) is 2.44. The highest BCUT2D eigenvalue weighted by Crippen LogP contribution is 2.30. The highest BCUT2D eigenvalue weighted by atomic mass is 35.6. The highest BCUT2D eigenvalue weighted by molar-refractivity contribution is 7.80. The fraction of sp³-hybridized carbons (Fsp3) is 0.222. The number of carbonyl (C=O) groups excluding carboxylic acids is 1. The quantitative estimate of drug-likeness (QED) is 0.283. The molecule has 0 saturated carbocycles. The van der Waals surface area contributed by atoms with Gasteiger partial charge in [0.15, 0.2) is 5.11 Å². The first kappa shape index (κ1) is 23.3. The number of aryl methyl sites for hydroxylation is 1. The van der Waals surface area contributed by atoms with Crippen molar-refractivity contribution in [3.63, 3.8) is 0 Å². The van der Waals surface area contributed by atoms with E-state index in [9.17, 15) is 4.79 Å². The van der Waals surface area contributed by atoms with Crippen molar-refractivity contribution < 1.29 is 4.79 Å². The summed E-state index contributed by atoms with van der Waals surface area (Å²) in [5.74, 6) is -0.333. The van der Waals surface area contributed by atoms with Crippen molar-refractivity contribution in [2.24, 2.45) is 0 Å². The van der Waals surface area contributed by atoms with Crippen LogP contribution in [-0.2, 0) is 11.2 Å². The molecule has 28 heavy (non-hydrogen) atoms. The van der Waals surface area contributed by atoms with Gasteiger partial charge in [0.05, 0.1) is 17.1 Å². The van der Waals surface area contributed by atoms with Crippen LogP contribution in [0.15, 0.2) is 42.5 Å². The molecule has 1 atom stereocenters. The Morgan fingerprint density at radius 1 is 1.07 bits per heavy atom. The van der Waals surface area contributed by atoms with Crippen molar-refractivity contribution >= 4 is 86.9 Å². The Morgan fingerprint density at radius 2 is 1.71 bits per heavy atom. The Balaban J connectivity index is 2.01. The third-order valence-corrected chi connectivity index (χ3v) is 5.00. The molecule has 0 aliphatic carbocycles. The van der Waals surface area contributed by atoms with Gasteiger partial charge < -0.3 is 16.0 Å². The van der Waals surface area contributed by atoms with Crippen LogP contribution >= 0.6 is 70.2 Å². The van der Waals surface area contributed by atoms with Crippen LogP contribution in [0.3, 0.4) is 0 Å². The third-order valence-electron chi connectivity index (χ3n) is 3.57. The second-order valence-corrected chi connectivity index (χ2v) is 9.55. The number of carbonyl (C=O) groups is 1. The van der Waals surface area contributed by atoms with Crippen LogP contribution in [0, 0.1) is 6.92 Å². The monoisotopic (exact) mass is 497 g/mol. The maximum absolute atomic E-state index is 12.4. The standard InChI is InChI=1S/C18H16Cl5N3OS/c1-10-2-4-11(5-3-10)8-15(27)25-16(18(21,22)23)26-17(28)24-14-7-6-12(19)9-13(14)20/h2-7,9,16H,8H2,1H3,(H,25,27)(H2,24,26,28). The Kier molecular flexibility index (Phi) is 8.49. The van der Waals surface area contributed by atoms with Gasteiger partial charge in [0, 0.05) is 5.02 Å². The van der Waals surface area contributed by atoms with Gasteiger partial charge in [-0.1, -0.05) is 87.8 Å². The molecule has 0 heterocycles. The summed E-state index contributed by atoms with van der Waals surface area (Å²) < 4.78 is -1.85. The smallest absolute Gasteiger partial charge is 0.228 e. The maximum atomic E-state index is 12.4. The molecule has 10 heteroatoms. The summed E-state index contributed by atoms with van der Waals surface area (Å²) >= 11 is 35.2. The van der Waals surface area contributed by atoms with Gasteiger partial charge in [-0.2, -0.15) is 0 Å². The molecule has 3 N–H and O–H groups in total. The number of hydrogen-bond donors (Lipinski definition) is 3. The van der Waals surface area contributed by atoms with Crippen LogP contribution in [-0.4, -0.2) is 21.0 Å². The van der Waals surface area contributed by atoms with E-state index in [0.29, 0.717) is 15.7 Å². The zero-order chi connectivity index (χ0) is 20.9. The zero-order valence-corrected chi connectivity index (χ0v) is 19.1. The Labute approximate surface area is 193 Å². The first-order valence-electron chi connectivity index (χ1n) is 7.99. The fourth-order valence-corrected chi connectivity index (χ4v) is 3.19. The van der Waals surface area contributed by atoms with E-state index >= 15 is 0 Å². The van der Waals surface area contributed by atoms with Gasteiger partial charge in [-0.05, 0) is 42.9 Å². The fourth-order valence-electron chi connectivity index (χ4n) is 2.18. The summed E-state index contributed by atoms with van der Waals surface area (Å²) in [4.78, 5) is 12.4. The lowest BCUT2D eigenvalue weighted by Crippen LogP contribution is -2.56. The lowest BCUT2D eigenvalue weighted by molar-refractivity contribution is -0.121. The molecule has 0 radical (unpaired) electrons. The van der Waals surface area contributed by atoms with E-state index < -0.39 is 9.96 Å². The van der Waals surface area contributed by atoms with Crippen LogP contribution in [0.1, 0.15) is 11.1 Å². The zero-order valence-electron chi connectivity index (χ0n) is 14.5. The minimum Gasteiger partial charge on any atom is -0.339 e. The van der Waals surface area contributed by atoms with Crippen molar-refractivity contribution in [1.29, 1.82) is 0 Å². The van der Waals surface area contributed by atoms with Crippen LogP contribution in [0.4, 0.5) is 5.69 Å². The number of halogens is 5. The molecule has 1 unspecified atom stereocenters. The molecular formula is C18H16Cl5N3OS. The molecule has 0 bridgehead atoms. The SMILES string of the molecule is Cc1ccc(CC(=O)NC(NC(=S)Nc2ccc(Cl)cc2Cl)C(Cl)(Cl)Cl)cc1. The van der Waals surface area contributed by atoms with E-state index in [1.165, 1.54) is 0 Å². The van der Waals surface area contributed by atoms with Crippen molar-refractivity contribution in [2.75, 3.05) is 5.32 Å². The number of alkyl halides is 3. The van der Waals surface area contributed by atoms with Gasteiger partial charge in [0.1, 0.15) is 6.17 Å². The Hall–Kier alpha value is -0.950. The second kappa shape index (κ2) is 10.2. The molecule has 0 aromatic heterocycles. The van der Waals surface area contributed by atoms with Gasteiger partial charge in [-0.15, -0.1) is 0 Å². The van der Waals surface area contributed by atoms with Gasteiger partial charge in [-0.25, -0.2) is 0 Å². The van der Waals surface area contributed by atoms with Gasteiger partial charge in [0.2, 0.25) is 9.70 Å². The van der Waals surface area contributed by atoms with Gasteiger partial charge in [-0.3, -0.25) is 4.79 Å². The summed E-state index contributed by atoms with van der Waals surface area (Å²) in [6.45, 7) is 1.97. The number of anilines is 1. The van der Waals surface area contributed by atoms with Crippen LogP contribution in [0.2, 0.25) is 10.0 Å². The topological polar surface area (TPSA) is 53.2 Å². The van der Waals surface area contributed by atoms with E-state index in [-0.39, 0.29) is 17.4 Å². The lowest BCUT2D eigenvalue weighted by Gasteiger charge is -2.28. The second-order valence-electron chi connectivity index (χ2n) is 5.93. The molecule has 150 valence electrons. The summed E-state index contributed by atoms with van der Waals surface area (Å²) in [5, 5.41) is 9.24. The normalized spacial score (nSPS) is 12.2. The van der Waals surface area contributed by atoms with Crippen LogP contribution in [0.5, 0.6) is 0 Å². The van der Waals surface area contributed by atoms with E-state index in [0.717, 1.165) is 11.1 Å². The van der Waals surface area contributed by atoms with Crippen molar-refractivity contribution in [1.82, 2.24) is 10.6 Å². The average molecular weight is 500 g/mol. The number of amides is 1. The number of nitrogens with one attached hydrogen (secondary N) is 3. The minimum absolute atomic E-state index is 0.108. The highest BCUT2D eigenvalue weighted by Gasteiger charge is 2.34. The molecule has 2 aromatic carbocycles. The predicted molar refractivity (Wildman–Crippen MR) is 123 cm³/mol. The van der Waals surface area contributed by atoms with Gasteiger partial charge in [0.25, 0.3) is 0 Å². The molecule has 0 aliphatic heterocycles. The Bertz CT molecular complexity index is 855. The number of hydrogen-bond acceptors (Lipinski definition) is 2. The first-order valence-corrected chi connectivity index (χ1v) is 10.3. The molecule has 0 spiro atoms. The maximum Gasteiger partial charge on any atom is 0.228 e. The van der Waals surface area contributed by atoms with Crippen LogP contribution < -0.4 is 16.0 Å². The summed E-state index contributed by atoms with van der Waals surface area (Å²) in [7, 11) is 0. The average Bonchev–Trinajstić information content (AvgIpc) is 2.58. The molecular weight excluding hydrogens is 484 g/mol. The van der Waals surface area contributed by atoms with Crippen molar-refractivity contribution in [3.05, 3.63) is 63.6 Å². The van der Waals surface area contributed by atoms with Crippen LogP contribution in [0.25, 0.3) is 0 Å². The lowest BCUT2D eigenvalue weighted by atomic mass is 10.1. The molecule has 4 nitrogen and oxygen atoms in total. The van der Waals surface area contributed by atoms with Gasteiger partial charge >= 0.3 is 0 Å². The first-order chi connectivity index (χ1) is 13.0.